The maximum Gasteiger partial charge on any atom is 0.302 e. The van der Waals surface area contributed by atoms with Crippen molar-refractivity contribution in [3.05, 3.63) is 12.7 Å². The summed E-state index contributed by atoms with van der Waals surface area (Å²) in [4.78, 5) is 10.4. The molecule has 0 fully saturated rings. The Hall–Kier alpha value is -0.790. The lowest BCUT2D eigenvalue weighted by molar-refractivity contribution is -0.145. The molecule has 0 unspecified atom stereocenters. The summed E-state index contributed by atoms with van der Waals surface area (Å²) >= 11 is 0. The SMILES string of the molecule is C=CCCC[C@H](C)OC(C)=O. The first-order valence-electron chi connectivity index (χ1n) is 3.95. The standard InChI is InChI=1S/C9H16O2/c1-4-5-6-7-8(2)11-9(3)10/h4,8H,1,5-7H2,2-3H3/t8-/m0/s1. The van der Waals surface area contributed by atoms with Crippen molar-refractivity contribution in [1.82, 2.24) is 0 Å². The van der Waals surface area contributed by atoms with Crippen LogP contribution in [0.3, 0.4) is 0 Å². The molecule has 0 radical (unpaired) electrons. The van der Waals surface area contributed by atoms with Crippen molar-refractivity contribution in [2.24, 2.45) is 0 Å². The molecule has 0 aromatic heterocycles. The van der Waals surface area contributed by atoms with Gasteiger partial charge < -0.3 is 4.74 Å². The summed E-state index contributed by atoms with van der Waals surface area (Å²) in [6.07, 6.45) is 4.88. The van der Waals surface area contributed by atoms with Crippen LogP contribution >= 0.6 is 0 Å². The second-order valence-corrected chi connectivity index (χ2v) is 2.64. The van der Waals surface area contributed by atoms with Gasteiger partial charge in [0.25, 0.3) is 0 Å². The van der Waals surface area contributed by atoms with E-state index in [2.05, 4.69) is 6.58 Å². The third kappa shape index (κ3) is 7.10. The number of hydrogen-bond donors (Lipinski definition) is 0. The molecule has 0 aliphatic rings. The zero-order chi connectivity index (χ0) is 8.69. The van der Waals surface area contributed by atoms with Crippen LogP contribution in [-0.4, -0.2) is 12.1 Å². The van der Waals surface area contributed by atoms with Crippen molar-refractivity contribution in [2.45, 2.75) is 39.2 Å². The number of rotatable bonds is 5. The molecule has 0 aliphatic carbocycles. The number of unbranched alkanes of at least 4 members (excludes halogenated alkanes) is 1. The maximum absolute atomic E-state index is 10.4. The normalized spacial score (nSPS) is 12.2. The Labute approximate surface area is 68.2 Å². The summed E-state index contributed by atoms with van der Waals surface area (Å²) in [5, 5.41) is 0. The third-order valence-corrected chi connectivity index (χ3v) is 1.39. The number of allylic oxidation sites excluding steroid dienone is 1. The average molecular weight is 156 g/mol. The van der Waals surface area contributed by atoms with Gasteiger partial charge in [0.15, 0.2) is 0 Å². The van der Waals surface area contributed by atoms with Gasteiger partial charge in [0.1, 0.15) is 0 Å². The van der Waals surface area contributed by atoms with E-state index in [9.17, 15) is 4.79 Å². The Morgan fingerprint density at radius 1 is 1.73 bits per heavy atom. The van der Waals surface area contributed by atoms with E-state index in [0.717, 1.165) is 19.3 Å². The van der Waals surface area contributed by atoms with Crippen molar-refractivity contribution < 1.29 is 9.53 Å². The van der Waals surface area contributed by atoms with E-state index >= 15 is 0 Å². The average Bonchev–Trinajstić information content (AvgIpc) is 1.86. The Bertz CT molecular complexity index is 130. The molecular formula is C9H16O2. The van der Waals surface area contributed by atoms with Gasteiger partial charge in [0.2, 0.25) is 0 Å². The third-order valence-electron chi connectivity index (χ3n) is 1.39. The quantitative estimate of drug-likeness (QED) is 0.347. The van der Waals surface area contributed by atoms with Crippen LogP contribution in [0.25, 0.3) is 0 Å². The number of carbonyl (C=O) groups excluding carboxylic acids is 1. The van der Waals surface area contributed by atoms with Gasteiger partial charge in [-0.2, -0.15) is 0 Å². The molecule has 0 heterocycles. The van der Waals surface area contributed by atoms with Gasteiger partial charge in [-0.15, -0.1) is 6.58 Å². The van der Waals surface area contributed by atoms with Crippen LogP contribution in [0.15, 0.2) is 12.7 Å². The first kappa shape index (κ1) is 10.2. The maximum atomic E-state index is 10.4. The second kappa shape index (κ2) is 5.96. The van der Waals surface area contributed by atoms with E-state index in [1.807, 2.05) is 13.0 Å². The largest absolute Gasteiger partial charge is 0.463 e. The molecule has 1 atom stereocenters. The first-order valence-corrected chi connectivity index (χ1v) is 3.95. The van der Waals surface area contributed by atoms with Crippen molar-refractivity contribution in [1.29, 1.82) is 0 Å². The van der Waals surface area contributed by atoms with Crippen LogP contribution in [0.2, 0.25) is 0 Å². The molecule has 0 N–H and O–H groups in total. The summed E-state index contributed by atoms with van der Waals surface area (Å²) in [5.41, 5.74) is 0. The predicted octanol–water partition coefficient (Wildman–Crippen LogP) is 2.29. The smallest absolute Gasteiger partial charge is 0.302 e. The summed E-state index contributed by atoms with van der Waals surface area (Å²) in [6.45, 7) is 6.95. The number of esters is 1. The molecule has 0 amide bonds. The summed E-state index contributed by atoms with van der Waals surface area (Å²) in [7, 11) is 0. The highest BCUT2D eigenvalue weighted by atomic mass is 16.5. The van der Waals surface area contributed by atoms with Crippen molar-refractivity contribution in [3.8, 4) is 0 Å². The van der Waals surface area contributed by atoms with Gasteiger partial charge in [-0.1, -0.05) is 6.08 Å². The van der Waals surface area contributed by atoms with Crippen molar-refractivity contribution in [2.75, 3.05) is 0 Å². The fraction of sp³-hybridized carbons (Fsp3) is 0.667. The molecule has 0 saturated heterocycles. The number of hydrogen-bond acceptors (Lipinski definition) is 2. The van der Waals surface area contributed by atoms with E-state index in [1.165, 1.54) is 6.92 Å². The highest BCUT2D eigenvalue weighted by molar-refractivity contribution is 5.66. The molecular weight excluding hydrogens is 140 g/mol. The molecule has 0 aromatic rings. The lowest BCUT2D eigenvalue weighted by atomic mass is 10.2. The van der Waals surface area contributed by atoms with Crippen LogP contribution in [-0.2, 0) is 9.53 Å². The number of carbonyl (C=O) groups is 1. The number of ether oxygens (including phenoxy) is 1. The van der Waals surface area contributed by atoms with Gasteiger partial charge >= 0.3 is 5.97 Å². The molecule has 11 heavy (non-hydrogen) atoms. The second-order valence-electron chi connectivity index (χ2n) is 2.64. The van der Waals surface area contributed by atoms with Crippen molar-refractivity contribution in [3.63, 3.8) is 0 Å². The van der Waals surface area contributed by atoms with Crippen LogP contribution < -0.4 is 0 Å². The highest BCUT2D eigenvalue weighted by Crippen LogP contribution is 2.04. The van der Waals surface area contributed by atoms with E-state index < -0.39 is 0 Å². The minimum Gasteiger partial charge on any atom is -0.463 e. The predicted molar refractivity (Wildman–Crippen MR) is 45.3 cm³/mol. The van der Waals surface area contributed by atoms with E-state index in [0.29, 0.717) is 0 Å². The van der Waals surface area contributed by atoms with Gasteiger partial charge in [0.05, 0.1) is 6.10 Å². The molecule has 0 rings (SSSR count). The van der Waals surface area contributed by atoms with Gasteiger partial charge in [-0.25, -0.2) is 0 Å². The topological polar surface area (TPSA) is 26.3 Å². The summed E-state index contributed by atoms with van der Waals surface area (Å²) < 4.78 is 4.92. The van der Waals surface area contributed by atoms with E-state index in [1.54, 1.807) is 0 Å². The molecule has 64 valence electrons. The van der Waals surface area contributed by atoms with E-state index in [-0.39, 0.29) is 12.1 Å². The first-order chi connectivity index (χ1) is 5.16. The van der Waals surface area contributed by atoms with Gasteiger partial charge in [0, 0.05) is 6.92 Å². The van der Waals surface area contributed by atoms with E-state index in [4.69, 9.17) is 4.74 Å². The fourth-order valence-corrected chi connectivity index (χ4v) is 0.892. The molecule has 2 heteroatoms. The zero-order valence-electron chi connectivity index (χ0n) is 7.30. The van der Waals surface area contributed by atoms with Crippen molar-refractivity contribution >= 4 is 5.97 Å². The summed E-state index contributed by atoms with van der Waals surface area (Å²) in [5.74, 6) is -0.198. The van der Waals surface area contributed by atoms with Crippen LogP contribution in [0.4, 0.5) is 0 Å². The molecule has 0 aromatic carbocycles. The molecule has 0 saturated carbocycles. The Morgan fingerprint density at radius 2 is 2.36 bits per heavy atom. The van der Waals surface area contributed by atoms with Crippen LogP contribution in [0.5, 0.6) is 0 Å². The Kier molecular flexibility index (Phi) is 5.53. The molecule has 0 spiro atoms. The zero-order valence-corrected chi connectivity index (χ0v) is 7.30. The Morgan fingerprint density at radius 3 is 2.82 bits per heavy atom. The highest BCUT2D eigenvalue weighted by Gasteiger charge is 2.02. The molecule has 0 bridgehead atoms. The van der Waals surface area contributed by atoms with Crippen LogP contribution in [0, 0.1) is 0 Å². The lowest BCUT2D eigenvalue weighted by Gasteiger charge is -2.09. The fourth-order valence-electron chi connectivity index (χ4n) is 0.892. The minimum atomic E-state index is -0.198. The monoisotopic (exact) mass is 156 g/mol. The van der Waals surface area contributed by atoms with Gasteiger partial charge in [-0.3, -0.25) is 4.79 Å². The van der Waals surface area contributed by atoms with Crippen LogP contribution in [0.1, 0.15) is 33.1 Å². The minimum absolute atomic E-state index is 0.0486. The van der Waals surface area contributed by atoms with Gasteiger partial charge in [-0.05, 0) is 26.2 Å². The molecule has 0 aliphatic heterocycles. The summed E-state index contributed by atoms with van der Waals surface area (Å²) in [6, 6.07) is 0. The molecule has 2 nitrogen and oxygen atoms in total. The lowest BCUT2D eigenvalue weighted by Crippen LogP contribution is -2.11. The Balaban J connectivity index is 3.28.